The summed E-state index contributed by atoms with van der Waals surface area (Å²) in [4.78, 5) is 8.00. The number of hydrogen-bond acceptors (Lipinski definition) is 6. The second-order valence-electron chi connectivity index (χ2n) is 8.67. The monoisotopic (exact) mass is 714 g/mol. The van der Waals surface area contributed by atoms with Gasteiger partial charge in [0.15, 0.2) is 0 Å². The first kappa shape index (κ1) is 32.4. The third-order valence-corrected chi connectivity index (χ3v) is 6.48. The number of pyridine rings is 2. The van der Waals surface area contributed by atoms with E-state index in [-0.39, 0.29) is 11.6 Å². The number of hydrogen-bond donors (Lipinski definition) is 0. The Morgan fingerprint density at radius 1 is 0.667 bits per heavy atom. The zero-order chi connectivity index (χ0) is 32.0. The maximum Gasteiger partial charge on any atom is 0.232 e. The predicted molar refractivity (Wildman–Crippen MR) is 175 cm³/mol. The molecule has 0 amide bonds. The van der Waals surface area contributed by atoms with E-state index in [1.807, 2.05) is 30.3 Å². The highest BCUT2D eigenvalue weighted by atomic mass is 127. The quantitative estimate of drug-likeness (QED) is 0.153. The molecule has 0 spiro atoms. The highest BCUT2D eigenvalue weighted by molar-refractivity contribution is 14.1. The van der Waals surface area contributed by atoms with Gasteiger partial charge in [-0.15, -0.1) is 6.42 Å². The van der Waals surface area contributed by atoms with Crippen molar-refractivity contribution < 1.29 is 18.3 Å². The molecule has 0 atom stereocenters. The van der Waals surface area contributed by atoms with E-state index in [1.165, 1.54) is 24.3 Å². The molecule has 0 unspecified atom stereocenters. The number of terminal acetylenes is 1. The van der Waals surface area contributed by atoms with Crippen LogP contribution in [0, 0.1) is 39.4 Å². The Kier molecular flexibility index (Phi) is 11.8. The summed E-state index contributed by atoms with van der Waals surface area (Å²) in [7, 11) is 3.13. The van der Waals surface area contributed by atoms with Gasteiger partial charge in [0.25, 0.3) is 0 Å². The zero-order valence-corrected chi connectivity index (χ0v) is 26.3. The molecule has 0 saturated heterocycles. The van der Waals surface area contributed by atoms with Crippen molar-refractivity contribution in [1.29, 1.82) is 0 Å². The van der Waals surface area contributed by atoms with Crippen LogP contribution in [0.3, 0.4) is 0 Å². The van der Waals surface area contributed by atoms with Gasteiger partial charge in [0.1, 0.15) is 28.6 Å². The number of nitrogens with zero attached hydrogens (tertiary/aromatic N) is 6. The lowest BCUT2D eigenvalue weighted by molar-refractivity contribution is 0.381. The van der Waals surface area contributed by atoms with Crippen molar-refractivity contribution in [2.75, 3.05) is 14.2 Å². The molecule has 224 valence electrons. The van der Waals surface area contributed by atoms with E-state index < -0.39 is 0 Å². The molecule has 2 aromatic carbocycles. The Bertz CT molecular complexity index is 1910. The zero-order valence-electron chi connectivity index (χ0n) is 24.1. The standard InChI is InChI=1S/C17H12FN3O.C10H8FIN2O.C7H5N/c1-22-17-13(5-8-15-4-2-3-11-19-15)12-20-21(17)16-9-6-14(18)7-10-16;1-15-10-9(12)6-13-14(10)8-4-2-7(11)3-5-8;1-2-7-5-3-4-6-8-7/h2-4,6-7,9-12H,1H3;2-6H,1H3;1,3-6H. The normalized spacial score (nSPS) is 9.69. The summed E-state index contributed by atoms with van der Waals surface area (Å²) in [5, 5.41) is 8.39. The minimum atomic E-state index is -0.301. The Labute approximate surface area is 272 Å². The molecular weight excluding hydrogens is 689 g/mol. The van der Waals surface area contributed by atoms with Crippen LogP contribution in [-0.4, -0.2) is 43.7 Å². The van der Waals surface area contributed by atoms with Gasteiger partial charge in [-0.1, -0.05) is 24.0 Å². The largest absolute Gasteiger partial charge is 0.480 e. The molecule has 0 saturated carbocycles. The molecule has 8 nitrogen and oxygen atoms in total. The molecule has 0 N–H and O–H groups in total. The molecule has 45 heavy (non-hydrogen) atoms. The minimum Gasteiger partial charge on any atom is -0.480 e. The summed E-state index contributed by atoms with van der Waals surface area (Å²) < 4.78 is 40.4. The Morgan fingerprint density at radius 2 is 1.18 bits per heavy atom. The maximum absolute atomic E-state index is 13.0. The Balaban J connectivity index is 0.000000172. The molecular formula is C34H25F2IN6O2. The molecule has 0 aliphatic heterocycles. The number of methoxy groups -OCH3 is 2. The Hall–Kier alpha value is -5.53. The summed E-state index contributed by atoms with van der Waals surface area (Å²) in [6, 6.07) is 23.1. The van der Waals surface area contributed by atoms with Crippen molar-refractivity contribution in [3.63, 3.8) is 0 Å². The van der Waals surface area contributed by atoms with Gasteiger partial charge in [0, 0.05) is 12.4 Å². The van der Waals surface area contributed by atoms with Gasteiger partial charge in [0.2, 0.25) is 11.8 Å². The second kappa shape index (κ2) is 16.4. The van der Waals surface area contributed by atoms with E-state index in [9.17, 15) is 8.78 Å². The van der Waals surface area contributed by atoms with Gasteiger partial charge in [0.05, 0.1) is 41.6 Å². The van der Waals surface area contributed by atoms with Crippen molar-refractivity contribution in [3.05, 3.63) is 142 Å². The topological polar surface area (TPSA) is 79.9 Å². The molecule has 6 rings (SSSR count). The third-order valence-electron chi connectivity index (χ3n) is 5.74. The molecule has 6 aromatic rings. The lowest BCUT2D eigenvalue weighted by Crippen LogP contribution is -2.00. The minimum absolute atomic E-state index is 0.264. The van der Waals surface area contributed by atoms with Crippen LogP contribution in [0.2, 0.25) is 0 Å². The van der Waals surface area contributed by atoms with Crippen molar-refractivity contribution in [1.82, 2.24) is 29.5 Å². The van der Waals surface area contributed by atoms with E-state index in [2.05, 4.69) is 60.5 Å². The second-order valence-corrected chi connectivity index (χ2v) is 9.83. The first-order chi connectivity index (χ1) is 21.9. The molecule has 0 radical (unpaired) electrons. The fourth-order valence-corrected chi connectivity index (χ4v) is 4.24. The van der Waals surface area contributed by atoms with Crippen LogP contribution in [0.5, 0.6) is 11.8 Å². The van der Waals surface area contributed by atoms with Crippen molar-refractivity contribution in [2.45, 2.75) is 0 Å². The number of ether oxygens (including phenoxy) is 2. The van der Waals surface area contributed by atoms with Crippen LogP contribution in [0.4, 0.5) is 8.78 Å². The van der Waals surface area contributed by atoms with Gasteiger partial charge < -0.3 is 9.47 Å². The van der Waals surface area contributed by atoms with E-state index >= 15 is 0 Å². The van der Waals surface area contributed by atoms with Gasteiger partial charge in [-0.05, 0) is 101 Å². The fraction of sp³-hybridized carbons (Fsp3) is 0.0588. The summed E-state index contributed by atoms with van der Waals surface area (Å²) in [6.07, 6.45) is 11.7. The summed E-state index contributed by atoms with van der Waals surface area (Å²) >= 11 is 2.13. The smallest absolute Gasteiger partial charge is 0.232 e. The summed E-state index contributed by atoms with van der Waals surface area (Å²) in [5.74, 6) is 8.94. The average Bonchev–Trinajstić information content (AvgIpc) is 3.68. The van der Waals surface area contributed by atoms with Crippen LogP contribution in [-0.2, 0) is 0 Å². The SMILES string of the molecule is C#Cc1ccccn1.COc1c(C#Cc2ccccn2)cnn1-c1ccc(F)cc1.COc1c(I)cnn1-c1ccc(F)cc1. The van der Waals surface area contributed by atoms with Crippen LogP contribution in [0.25, 0.3) is 11.4 Å². The van der Waals surface area contributed by atoms with Crippen molar-refractivity contribution >= 4 is 22.6 Å². The van der Waals surface area contributed by atoms with Gasteiger partial charge in [-0.3, -0.25) is 0 Å². The van der Waals surface area contributed by atoms with Gasteiger partial charge in [-0.25, -0.2) is 23.4 Å². The molecule has 0 fully saturated rings. The number of aromatic nitrogens is 6. The maximum atomic E-state index is 13.0. The molecule has 11 heteroatoms. The van der Waals surface area contributed by atoms with E-state index in [4.69, 9.17) is 15.9 Å². The lowest BCUT2D eigenvalue weighted by atomic mass is 10.3. The molecule has 4 aromatic heterocycles. The first-order valence-electron chi connectivity index (χ1n) is 13.2. The number of rotatable bonds is 4. The van der Waals surface area contributed by atoms with Crippen LogP contribution in [0.15, 0.2) is 110 Å². The molecule has 0 aliphatic rings. The molecule has 4 heterocycles. The van der Waals surface area contributed by atoms with Crippen LogP contribution < -0.4 is 9.47 Å². The predicted octanol–water partition coefficient (Wildman–Crippen LogP) is 6.50. The lowest BCUT2D eigenvalue weighted by Gasteiger charge is -2.06. The van der Waals surface area contributed by atoms with Crippen molar-refractivity contribution in [2.24, 2.45) is 0 Å². The number of halogens is 3. The van der Waals surface area contributed by atoms with Crippen molar-refractivity contribution in [3.8, 4) is 47.3 Å². The molecule has 0 bridgehead atoms. The average molecular weight is 715 g/mol. The van der Waals surface area contributed by atoms with Gasteiger partial charge in [-0.2, -0.15) is 14.9 Å². The summed E-state index contributed by atoms with van der Waals surface area (Å²) in [5.41, 5.74) is 3.46. The van der Waals surface area contributed by atoms with Gasteiger partial charge >= 0.3 is 0 Å². The Morgan fingerprint density at radius 3 is 1.64 bits per heavy atom. The highest BCUT2D eigenvalue weighted by Gasteiger charge is 2.12. The van der Waals surface area contributed by atoms with E-state index in [1.54, 1.807) is 78.7 Å². The van der Waals surface area contributed by atoms with Crippen LogP contribution in [0.1, 0.15) is 17.0 Å². The first-order valence-corrected chi connectivity index (χ1v) is 14.2. The summed E-state index contributed by atoms with van der Waals surface area (Å²) in [6.45, 7) is 0. The van der Waals surface area contributed by atoms with E-state index in [0.29, 0.717) is 34.4 Å². The number of benzene rings is 2. The van der Waals surface area contributed by atoms with E-state index in [0.717, 1.165) is 9.26 Å². The molecule has 0 aliphatic carbocycles. The van der Waals surface area contributed by atoms with Crippen LogP contribution >= 0.6 is 22.6 Å². The highest BCUT2D eigenvalue weighted by Crippen LogP contribution is 2.24. The fourth-order valence-electron chi connectivity index (χ4n) is 3.67. The third kappa shape index (κ3) is 8.98.